The van der Waals surface area contributed by atoms with Crippen molar-refractivity contribution in [2.24, 2.45) is 52.3 Å². The van der Waals surface area contributed by atoms with E-state index in [4.69, 9.17) is 16.2 Å². The normalized spacial score (nSPS) is 37.0. The Bertz CT molecular complexity index is 913. The van der Waals surface area contributed by atoms with E-state index in [9.17, 15) is 0 Å². The molecule has 0 aliphatic heterocycles. The largest absolute Gasteiger partial charge is 0.488 e. The highest BCUT2D eigenvalue weighted by atomic mass is 16.5. The van der Waals surface area contributed by atoms with E-state index >= 15 is 0 Å². The average molecular weight is 555 g/mol. The molecule has 5 rings (SSSR count). The van der Waals surface area contributed by atoms with Crippen LogP contribution >= 0.6 is 0 Å². The van der Waals surface area contributed by atoms with Crippen molar-refractivity contribution in [1.29, 1.82) is 0 Å². The maximum Gasteiger partial charge on any atom is 0.142 e. The smallest absolute Gasteiger partial charge is 0.142 e. The summed E-state index contributed by atoms with van der Waals surface area (Å²) in [7, 11) is 0. The van der Waals surface area contributed by atoms with Crippen LogP contribution in [0.5, 0.6) is 5.75 Å². The van der Waals surface area contributed by atoms with Gasteiger partial charge in [-0.05, 0) is 128 Å². The lowest BCUT2D eigenvalue weighted by Crippen LogP contribution is -2.54. The van der Waals surface area contributed by atoms with Crippen molar-refractivity contribution in [3.05, 3.63) is 18.2 Å². The number of anilines is 2. The second-order valence-electron chi connectivity index (χ2n) is 14.5. The van der Waals surface area contributed by atoms with Gasteiger partial charge in [0.15, 0.2) is 0 Å². The molecule has 0 bridgehead atoms. The average Bonchev–Trinajstić information content (AvgIpc) is 3.30. The van der Waals surface area contributed by atoms with Crippen molar-refractivity contribution in [3.63, 3.8) is 0 Å². The molecular formula is C37H66N2O. The second kappa shape index (κ2) is 14.2. The zero-order valence-corrected chi connectivity index (χ0v) is 27.9. The Morgan fingerprint density at radius 2 is 1.50 bits per heavy atom. The molecule has 4 aliphatic carbocycles. The molecule has 0 heterocycles. The first-order chi connectivity index (χ1) is 19.1. The maximum atomic E-state index is 6.46. The highest BCUT2D eigenvalue weighted by molar-refractivity contribution is 5.60. The first-order valence-corrected chi connectivity index (χ1v) is 17.4. The highest BCUT2D eigenvalue weighted by Crippen LogP contribution is 2.68. The van der Waals surface area contributed by atoms with Gasteiger partial charge in [-0.25, -0.2) is 0 Å². The number of hydrogen-bond donors (Lipinski definition) is 2. The Kier molecular flexibility index (Phi) is 11.8. The summed E-state index contributed by atoms with van der Waals surface area (Å²) in [6, 6.07) is 5.69. The molecule has 40 heavy (non-hydrogen) atoms. The van der Waals surface area contributed by atoms with Gasteiger partial charge < -0.3 is 16.2 Å². The molecule has 1 aromatic rings. The van der Waals surface area contributed by atoms with Crippen LogP contribution in [-0.4, -0.2) is 6.10 Å². The van der Waals surface area contributed by atoms with E-state index in [0.29, 0.717) is 28.3 Å². The van der Waals surface area contributed by atoms with E-state index in [1.807, 2.05) is 45.9 Å². The Labute approximate surface area is 249 Å². The summed E-state index contributed by atoms with van der Waals surface area (Å²) in [5, 5.41) is 0. The van der Waals surface area contributed by atoms with Gasteiger partial charge in [0.2, 0.25) is 0 Å². The van der Waals surface area contributed by atoms with Gasteiger partial charge in [0.05, 0.1) is 11.8 Å². The van der Waals surface area contributed by atoms with E-state index < -0.39 is 0 Å². The van der Waals surface area contributed by atoms with Gasteiger partial charge in [-0.15, -0.1) is 0 Å². The molecular weight excluding hydrogens is 488 g/mol. The van der Waals surface area contributed by atoms with Crippen molar-refractivity contribution >= 4 is 11.4 Å². The first-order valence-electron chi connectivity index (χ1n) is 17.4. The van der Waals surface area contributed by atoms with Crippen LogP contribution in [0.1, 0.15) is 139 Å². The zero-order valence-electron chi connectivity index (χ0n) is 27.9. The molecule has 4 aliphatic rings. The summed E-state index contributed by atoms with van der Waals surface area (Å²) < 4.78 is 6.46. The summed E-state index contributed by atoms with van der Waals surface area (Å²) in [5.41, 5.74) is 14.6. The molecule has 4 N–H and O–H groups in total. The van der Waals surface area contributed by atoms with Crippen LogP contribution in [0.3, 0.4) is 0 Å². The monoisotopic (exact) mass is 555 g/mol. The number of nitrogen functional groups attached to an aromatic ring is 2. The minimum atomic E-state index is 0.293. The molecule has 3 nitrogen and oxygen atoms in total. The SMILES string of the molecule is CC.CC.CC(C)CCCC(C)C1CCC2C3CCC4CC(Oc5ccc(N)cc5N)CCC4(C)C3CCC12C. The second-order valence-corrected chi connectivity index (χ2v) is 14.5. The Morgan fingerprint density at radius 1 is 0.825 bits per heavy atom. The molecule has 1 aromatic carbocycles. The van der Waals surface area contributed by atoms with E-state index in [0.717, 1.165) is 53.6 Å². The van der Waals surface area contributed by atoms with Crippen molar-refractivity contribution in [3.8, 4) is 5.75 Å². The van der Waals surface area contributed by atoms with E-state index in [-0.39, 0.29) is 0 Å². The standard InChI is InChI=1S/C33H54N2O.2C2H6/c1-21(2)7-6-8-22(3)27-12-13-28-26-11-9-23-19-25(36-31-14-10-24(34)20-30(31)35)15-17-32(23,4)29(26)16-18-33(27,28)5;2*1-2/h10,14,20-23,25-29H,6-9,11-13,15-19,34-35H2,1-5H3;2*1-2H3. The molecule has 9 atom stereocenters. The highest BCUT2D eigenvalue weighted by Gasteiger charge is 2.60. The molecule has 0 saturated heterocycles. The molecule has 4 saturated carbocycles. The van der Waals surface area contributed by atoms with Crippen molar-refractivity contribution < 1.29 is 4.74 Å². The van der Waals surface area contributed by atoms with Gasteiger partial charge in [-0.1, -0.05) is 81.6 Å². The van der Waals surface area contributed by atoms with Gasteiger partial charge in [0, 0.05) is 5.69 Å². The summed E-state index contributed by atoms with van der Waals surface area (Å²) in [4.78, 5) is 0. The van der Waals surface area contributed by atoms with Gasteiger partial charge in [0.1, 0.15) is 5.75 Å². The molecule has 0 aromatic heterocycles. The lowest BCUT2D eigenvalue weighted by atomic mass is 9.44. The lowest BCUT2D eigenvalue weighted by Gasteiger charge is -2.61. The van der Waals surface area contributed by atoms with E-state index in [2.05, 4.69) is 34.6 Å². The third-order valence-corrected chi connectivity index (χ3v) is 12.1. The number of nitrogens with two attached hydrogens (primary N) is 2. The first kappa shape index (κ1) is 33.1. The maximum absolute atomic E-state index is 6.46. The van der Waals surface area contributed by atoms with Gasteiger partial charge in [-0.3, -0.25) is 0 Å². The van der Waals surface area contributed by atoms with Crippen molar-refractivity contribution in [1.82, 2.24) is 0 Å². The Hall–Kier alpha value is -1.38. The molecule has 3 heteroatoms. The van der Waals surface area contributed by atoms with Crippen LogP contribution in [-0.2, 0) is 0 Å². The van der Waals surface area contributed by atoms with Crippen LogP contribution < -0.4 is 16.2 Å². The predicted molar refractivity (Wildman–Crippen MR) is 175 cm³/mol. The quantitative estimate of drug-likeness (QED) is 0.329. The number of rotatable bonds is 7. The summed E-state index contributed by atoms with van der Waals surface area (Å²) in [6.45, 7) is 20.7. The summed E-state index contributed by atoms with van der Waals surface area (Å²) in [6.07, 6.45) is 17.0. The number of hydrogen-bond acceptors (Lipinski definition) is 3. The fourth-order valence-corrected chi connectivity index (χ4v) is 10.2. The minimum absolute atomic E-state index is 0.293. The molecule has 9 unspecified atom stereocenters. The summed E-state index contributed by atoms with van der Waals surface area (Å²) >= 11 is 0. The minimum Gasteiger partial charge on any atom is -0.488 e. The zero-order chi connectivity index (χ0) is 29.7. The third-order valence-electron chi connectivity index (χ3n) is 12.1. The Balaban J connectivity index is 0.00000106. The lowest BCUT2D eigenvalue weighted by molar-refractivity contribution is -0.126. The fraction of sp³-hybridized carbons (Fsp3) is 0.838. The van der Waals surface area contributed by atoms with E-state index in [1.165, 1.54) is 70.6 Å². The van der Waals surface area contributed by atoms with Crippen LogP contribution in [0.2, 0.25) is 0 Å². The van der Waals surface area contributed by atoms with Crippen LogP contribution in [0, 0.1) is 52.3 Å². The molecule has 4 fully saturated rings. The van der Waals surface area contributed by atoms with Crippen molar-refractivity contribution in [2.45, 2.75) is 145 Å². The van der Waals surface area contributed by atoms with Crippen molar-refractivity contribution in [2.75, 3.05) is 11.5 Å². The predicted octanol–water partition coefficient (Wildman–Crippen LogP) is 10.8. The number of benzene rings is 1. The fourth-order valence-electron chi connectivity index (χ4n) is 10.2. The number of ether oxygens (including phenoxy) is 1. The van der Waals surface area contributed by atoms with Crippen LogP contribution in [0.4, 0.5) is 11.4 Å². The topological polar surface area (TPSA) is 61.3 Å². The van der Waals surface area contributed by atoms with E-state index in [1.54, 1.807) is 0 Å². The van der Waals surface area contributed by atoms with Gasteiger partial charge in [0.25, 0.3) is 0 Å². The van der Waals surface area contributed by atoms with Gasteiger partial charge in [-0.2, -0.15) is 0 Å². The summed E-state index contributed by atoms with van der Waals surface area (Å²) in [5.74, 6) is 7.17. The van der Waals surface area contributed by atoms with Gasteiger partial charge >= 0.3 is 0 Å². The molecule has 0 spiro atoms. The van der Waals surface area contributed by atoms with Crippen LogP contribution in [0.25, 0.3) is 0 Å². The molecule has 0 radical (unpaired) electrons. The number of fused-ring (bicyclic) bond motifs is 5. The molecule has 230 valence electrons. The van der Waals surface area contributed by atoms with Crippen LogP contribution in [0.15, 0.2) is 18.2 Å². The molecule has 0 amide bonds. The Morgan fingerprint density at radius 3 is 2.17 bits per heavy atom. The third kappa shape index (κ3) is 6.64.